The van der Waals surface area contributed by atoms with Crippen molar-refractivity contribution in [2.45, 2.75) is 19.4 Å². The standard InChI is InChI=1S/C13H18N4/c1-13(2,9-14)17(3)12-8-15-16-11-7-5-4-6-10(11)12/h4-8H,9,14H2,1-3H3. The van der Waals surface area contributed by atoms with Gasteiger partial charge in [-0.1, -0.05) is 18.2 Å². The van der Waals surface area contributed by atoms with Crippen molar-refractivity contribution < 1.29 is 0 Å². The largest absolute Gasteiger partial charge is 0.366 e. The van der Waals surface area contributed by atoms with E-state index in [-0.39, 0.29) is 5.54 Å². The lowest BCUT2D eigenvalue weighted by molar-refractivity contribution is 0.499. The fourth-order valence-electron chi connectivity index (χ4n) is 1.72. The summed E-state index contributed by atoms with van der Waals surface area (Å²) in [4.78, 5) is 2.16. The Morgan fingerprint density at radius 2 is 2.00 bits per heavy atom. The van der Waals surface area contributed by atoms with Gasteiger partial charge >= 0.3 is 0 Å². The van der Waals surface area contributed by atoms with E-state index in [1.807, 2.05) is 25.2 Å². The van der Waals surface area contributed by atoms with E-state index in [2.05, 4.69) is 35.0 Å². The highest BCUT2D eigenvalue weighted by molar-refractivity contribution is 5.90. The maximum atomic E-state index is 5.81. The van der Waals surface area contributed by atoms with Crippen molar-refractivity contribution in [1.29, 1.82) is 0 Å². The third-order valence-electron chi connectivity index (χ3n) is 3.29. The van der Waals surface area contributed by atoms with E-state index >= 15 is 0 Å². The first-order valence-corrected chi connectivity index (χ1v) is 5.70. The first-order chi connectivity index (χ1) is 8.06. The number of fused-ring (bicyclic) bond motifs is 1. The molecule has 4 heteroatoms. The zero-order valence-corrected chi connectivity index (χ0v) is 10.5. The third kappa shape index (κ3) is 2.08. The Morgan fingerprint density at radius 1 is 1.29 bits per heavy atom. The van der Waals surface area contributed by atoms with E-state index in [0.29, 0.717) is 6.54 Å². The highest BCUT2D eigenvalue weighted by atomic mass is 15.2. The normalized spacial score (nSPS) is 11.8. The van der Waals surface area contributed by atoms with E-state index in [0.717, 1.165) is 16.6 Å². The zero-order valence-electron chi connectivity index (χ0n) is 10.5. The summed E-state index contributed by atoms with van der Waals surface area (Å²) in [5.74, 6) is 0. The van der Waals surface area contributed by atoms with Crippen molar-refractivity contribution in [2.75, 3.05) is 18.5 Å². The topological polar surface area (TPSA) is 55.0 Å². The number of nitrogens with zero attached hydrogens (tertiary/aromatic N) is 3. The van der Waals surface area contributed by atoms with Gasteiger partial charge in [-0.25, -0.2) is 0 Å². The molecule has 0 saturated carbocycles. The monoisotopic (exact) mass is 230 g/mol. The third-order valence-corrected chi connectivity index (χ3v) is 3.29. The fraction of sp³-hybridized carbons (Fsp3) is 0.385. The van der Waals surface area contributed by atoms with Crippen LogP contribution in [0.2, 0.25) is 0 Å². The Kier molecular flexibility index (Phi) is 2.98. The summed E-state index contributed by atoms with van der Waals surface area (Å²) in [6, 6.07) is 8.00. The lowest BCUT2D eigenvalue weighted by Crippen LogP contribution is -2.47. The quantitative estimate of drug-likeness (QED) is 0.873. The van der Waals surface area contributed by atoms with Crippen molar-refractivity contribution in [3.63, 3.8) is 0 Å². The molecule has 0 amide bonds. The number of hydrogen-bond donors (Lipinski definition) is 1. The van der Waals surface area contributed by atoms with Gasteiger partial charge in [0.15, 0.2) is 0 Å². The maximum Gasteiger partial charge on any atom is 0.0950 e. The van der Waals surface area contributed by atoms with E-state index in [9.17, 15) is 0 Å². The highest BCUT2D eigenvalue weighted by Crippen LogP contribution is 2.27. The molecule has 4 nitrogen and oxygen atoms in total. The first kappa shape index (κ1) is 11.8. The molecular weight excluding hydrogens is 212 g/mol. The van der Waals surface area contributed by atoms with Gasteiger partial charge < -0.3 is 10.6 Å². The predicted molar refractivity (Wildman–Crippen MR) is 71.1 cm³/mol. The number of anilines is 1. The van der Waals surface area contributed by atoms with Crippen LogP contribution in [0.15, 0.2) is 30.5 Å². The predicted octanol–water partition coefficient (Wildman–Crippen LogP) is 1.80. The SMILES string of the molecule is CN(c1cnnc2ccccc12)C(C)(C)CN. The Bertz CT molecular complexity index is 516. The van der Waals surface area contributed by atoms with E-state index in [1.165, 1.54) is 0 Å². The molecule has 1 aromatic heterocycles. The van der Waals surface area contributed by atoms with Crippen LogP contribution < -0.4 is 10.6 Å². The van der Waals surface area contributed by atoms with Crippen LogP contribution >= 0.6 is 0 Å². The molecule has 0 saturated heterocycles. The van der Waals surface area contributed by atoms with Crippen molar-refractivity contribution in [3.8, 4) is 0 Å². The molecule has 2 rings (SSSR count). The molecule has 0 spiro atoms. The molecule has 0 unspecified atom stereocenters. The average molecular weight is 230 g/mol. The van der Waals surface area contributed by atoms with Crippen LogP contribution in [0.4, 0.5) is 5.69 Å². The minimum absolute atomic E-state index is 0.105. The summed E-state index contributed by atoms with van der Waals surface area (Å²) in [5, 5.41) is 9.28. The van der Waals surface area contributed by atoms with Gasteiger partial charge in [-0.05, 0) is 19.9 Å². The average Bonchev–Trinajstić information content (AvgIpc) is 2.37. The number of rotatable bonds is 3. The molecule has 0 aliphatic carbocycles. The van der Waals surface area contributed by atoms with Gasteiger partial charge in [0, 0.05) is 24.5 Å². The molecule has 0 aliphatic heterocycles. The summed E-state index contributed by atoms with van der Waals surface area (Å²) < 4.78 is 0. The van der Waals surface area contributed by atoms with Gasteiger partial charge in [-0.15, -0.1) is 0 Å². The van der Waals surface area contributed by atoms with Crippen molar-refractivity contribution in [2.24, 2.45) is 5.73 Å². The van der Waals surface area contributed by atoms with Gasteiger partial charge in [-0.2, -0.15) is 10.2 Å². The molecule has 2 aromatic rings. The Morgan fingerprint density at radius 3 is 2.71 bits per heavy atom. The molecule has 0 atom stereocenters. The lowest BCUT2D eigenvalue weighted by Gasteiger charge is -2.36. The van der Waals surface area contributed by atoms with Crippen LogP contribution in [0.1, 0.15) is 13.8 Å². The van der Waals surface area contributed by atoms with Crippen LogP contribution in [-0.2, 0) is 0 Å². The summed E-state index contributed by atoms with van der Waals surface area (Å²) in [7, 11) is 2.04. The number of aromatic nitrogens is 2. The lowest BCUT2D eigenvalue weighted by atomic mass is 10.0. The van der Waals surface area contributed by atoms with Crippen molar-refractivity contribution in [3.05, 3.63) is 30.5 Å². The zero-order chi connectivity index (χ0) is 12.5. The Balaban J connectivity index is 2.56. The van der Waals surface area contributed by atoms with Crippen LogP contribution in [0, 0.1) is 0 Å². The van der Waals surface area contributed by atoms with Crippen LogP contribution in [0.25, 0.3) is 10.9 Å². The molecule has 0 aliphatic rings. The molecule has 1 aromatic carbocycles. The molecule has 90 valence electrons. The van der Waals surface area contributed by atoms with E-state index in [4.69, 9.17) is 5.73 Å². The van der Waals surface area contributed by atoms with E-state index < -0.39 is 0 Å². The Labute approximate surface area is 101 Å². The smallest absolute Gasteiger partial charge is 0.0950 e. The number of benzene rings is 1. The fourth-order valence-corrected chi connectivity index (χ4v) is 1.72. The highest BCUT2D eigenvalue weighted by Gasteiger charge is 2.23. The molecular formula is C13H18N4. The molecule has 17 heavy (non-hydrogen) atoms. The summed E-state index contributed by atoms with van der Waals surface area (Å²) >= 11 is 0. The second-order valence-electron chi connectivity index (χ2n) is 4.82. The van der Waals surface area contributed by atoms with Crippen molar-refractivity contribution in [1.82, 2.24) is 10.2 Å². The summed E-state index contributed by atoms with van der Waals surface area (Å²) in [6.45, 7) is 4.81. The van der Waals surface area contributed by atoms with E-state index in [1.54, 1.807) is 6.20 Å². The van der Waals surface area contributed by atoms with Crippen LogP contribution in [0.5, 0.6) is 0 Å². The second-order valence-corrected chi connectivity index (χ2v) is 4.82. The van der Waals surface area contributed by atoms with Gasteiger partial charge in [-0.3, -0.25) is 0 Å². The van der Waals surface area contributed by atoms with Gasteiger partial charge in [0.05, 0.1) is 17.4 Å². The minimum atomic E-state index is -0.105. The van der Waals surface area contributed by atoms with Crippen molar-refractivity contribution >= 4 is 16.6 Å². The van der Waals surface area contributed by atoms with Crippen LogP contribution in [-0.4, -0.2) is 29.3 Å². The van der Waals surface area contributed by atoms with Gasteiger partial charge in [0.1, 0.15) is 0 Å². The number of nitrogens with two attached hydrogens (primary N) is 1. The van der Waals surface area contributed by atoms with Gasteiger partial charge in [0.25, 0.3) is 0 Å². The number of likely N-dealkylation sites (N-methyl/N-ethyl adjacent to an activating group) is 1. The molecule has 0 bridgehead atoms. The number of hydrogen-bond acceptors (Lipinski definition) is 4. The molecule has 0 radical (unpaired) electrons. The maximum absolute atomic E-state index is 5.81. The molecule has 2 N–H and O–H groups in total. The summed E-state index contributed by atoms with van der Waals surface area (Å²) in [5.41, 5.74) is 7.67. The minimum Gasteiger partial charge on any atom is -0.366 e. The first-order valence-electron chi connectivity index (χ1n) is 5.70. The molecule has 0 fully saturated rings. The molecule has 1 heterocycles. The summed E-state index contributed by atoms with van der Waals surface area (Å²) in [6.07, 6.45) is 1.79. The Hall–Kier alpha value is -1.68. The van der Waals surface area contributed by atoms with Crippen LogP contribution in [0.3, 0.4) is 0 Å². The van der Waals surface area contributed by atoms with Gasteiger partial charge in [0.2, 0.25) is 0 Å². The second kappa shape index (κ2) is 4.30.